The molecule has 0 aromatic rings. The summed E-state index contributed by atoms with van der Waals surface area (Å²) in [5.41, 5.74) is 0. The second kappa shape index (κ2) is 6.05. The molecule has 0 aromatic heterocycles. The molecule has 1 aliphatic heterocycles. The van der Waals surface area contributed by atoms with E-state index in [1.54, 1.807) is 0 Å². The number of hydrogen-bond donors (Lipinski definition) is 7. The summed E-state index contributed by atoms with van der Waals surface area (Å²) in [6.07, 6.45) is -5.38. The molecule has 0 aliphatic carbocycles. The van der Waals surface area contributed by atoms with E-state index >= 15 is 0 Å². The zero-order valence-corrected chi connectivity index (χ0v) is 11.5. The molecule has 0 amide bonds. The minimum absolute atomic E-state index is 0.874. The van der Waals surface area contributed by atoms with Crippen molar-refractivity contribution >= 4 is 15.6 Å². The van der Waals surface area contributed by atoms with Crippen LogP contribution in [0.4, 0.5) is 0 Å². The lowest BCUT2D eigenvalue weighted by Gasteiger charge is -2.25. The smallest absolute Gasteiger partial charge is 0.387 e. The molecular weight excluding hydrogens is 326 g/mol. The van der Waals surface area contributed by atoms with Crippen molar-refractivity contribution < 1.29 is 57.8 Å². The number of aliphatic hydroxyl groups is 3. The van der Waals surface area contributed by atoms with Crippen molar-refractivity contribution in [1.82, 2.24) is 0 Å². The van der Waals surface area contributed by atoms with Gasteiger partial charge in [-0.3, -0.25) is 9.05 Å². The first-order chi connectivity index (χ1) is 8.84. The van der Waals surface area contributed by atoms with Crippen LogP contribution in [-0.4, -0.2) is 72.2 Å². The van der Waals surface area contributed by atoms with Gasteiger partial charge in [-0.25, -0.2) is 9.13 Å². The molecule has 0 bridgehead atoms. The Bertz CT molecular complexity index is 428. The van der Waals surface area contributed by atoms with Gasteiger partial charge in [0.1, 0.15) is 24.9 Å². The van der Waals surface area contributed by atoms with Crippen LogP contribution < -0.4 is 0 Å². The van der Waals surface area contributed by atoms with Crippen molar-refractivity contribution in [2.45, 2.75) is 24.1 Å². The summed E-state index contributed by atoms with van der Waals surface area (Å²) < 4.78 is 33.6. The summed E-state index contributed by atoms with van der Waals surface area (Å²) in [6.45, 7) is -2.05. The number of aliphatic hydroxyl groups excluding tert-OH is 2. The van der Waals surface area contributed by atoms with Crippen LogP contribution in [0.1, 0.15) is 0 Å². The number of ether oxygens (including phenoxy) is 1. The van der Waals surface area contributed by atoms with Gasteiger partial charge in [-0.05, 0) is 0 Å². The minimum Gasteiger partial charge on any atom is -0.387 e. The van der Waals surface area contributed by atoms with Gasteiger partial charge < -0.3 is 39.6 Å². The lowest BCUT2D eigenvalue weighted by atomic mass is 10.1. The molecule has 0 spiro atoms. The van der Waals surface area contributed by atoms with Gasteiger partial charge in [0, 0.05) is 0 Å². The average molecular weight is 340 g/mol. The summed E-state index contributed by atoms with van der Waals surface area (Å²) >= 11 is 0. The molecule has 0 saturated carbocycles. The van der Waals surface area contributed by atoms with Crippen LogP contribution in [0.25, 0.3) is 0 Å². The molecule has 14 heteroatoms. The average Bonchev–Trinajstić information content (AvgIpc) is 2.48. The Morgan fingerprint density at radius 3 is 2.00 bits per heavy atom. The fourth-order valence-electron chi connectivity index (χ4n) is 1.47. The van der Waals surface area contributed by atoms with Crippen molar-refractivity contribution in [2.75, 3.05) is 13.2 Å². The highest BCUT2D eigenvalue weighted by Crippen LogP contribution is 2.41. The Balaban J connectivity index is 2.67. The Labute approximate surface area is 112 Å². The molecule has 4 atom stereocenters. The number of rotatable bonds is 6. The Hall–Kier alpha value is 0.0600. The van der Waals surface area contributed by atoms with E-state index in [1.165, 1.54) is 0 Å². The predicted molar refractivity (Wildman–Crippen MR) is 57.8 cm³/mol. The second-order valence-electron chi connectivity index (χ2n) is 3.99. The molecular formula is C6H14O12P2. The fourth-order valence-corrected chi connectivity index (χ4v) is 2.17. The largest absolute Gasteiger partial charge is 0.469 e. The van der Waals surface area contributed by atoms with Crippen LogP contribution in [0.2, 0.25) is 0 Å². The van der Waals surface area contributed by atoms with Crippen LogP contribution in [-0.2, 0) is 22.9 Å². The van der Waals surface area contributed by atoms with E-state index in [0.29, 0.717) is 0 Å². The van der Waals surface area contributed by atoms with Crippen LogP contribution in [0.5, 0.6) is 0 Å². The van der Waals surface area contributed by atoms with E-state index in [0.717, 1.165) is 0 Å². The topological polar surface area (TPSA) is 203 Å². The monoisotopic (exact) mass is 340 g/mol. The lowest BCUT2D eigenvalue weighted by Crippen LogP contribution is -2.46. The highest BCUT2D eigenvalue weighted by atomic mass is 31.2. The molecule has 1 aliphatic rings. The van der Waals surface area contributed by atoms with Crippen LogP contribution in [0.3, 0.4) is 0 Å². The quantitative estimate of drug-likeness (QED) is 0.242. The first-order valence-electron chi connectivity index (χ1n) is 5.00. The summed E-state index contributed by atoms with van der Waals surface area (Å²) in [7, 11) is -9.82. The van der Waals surface area contributed by atoms with Gasteiger partial charge in [0.25, 0.3) is 0 Å². The third-order valence-electron chi connectivity index (χ3n) is 2.37. The van der Waals surface area contributed by atoms with E-state index in [9.17, 15) is 24.4 Å². The number of phosphoric acid groups is 2. The summed E-state index contributed by atoms with van der Waals surface area (Å²) in [5, 5.41) is 28.8. The van der Waals surface area contributed by atoms with Crippen molar-refractivity contribution in [3.63, 3.8) is 0 Å². The van der Waals surface area contributed by atoms with Crippen molar-refractivity contribution in [1.29, 1.82) is 0 Å². The van der Waals surface area contributed by atoms with Gasteiger partial charge in [-0.1, -0.05) is 0 Å². The van der Waals surface area contributed by atoms with Gasteiger partial charge in [-0.15, -0.1) is 0 Å². The zero-order chi connectivity index (χ0) is 15.8. The second-order valence-corrected chi connectivity index (χ2v) is 6.47. The zero-order valence-electron chi connectivity index (χ0n) is 9.71. The van der Waals surface area contributed by atoms with Gasteiger partial charge in [0.15, 0.2) is 0 Å². The Kier molecular flexibility index (Phi) is 5.48. The molecule has 1 saturated heterocycles. The maximum Gasteiger partial charge on any atom is 0.469 e. The molecule has 0 unspecified atom stereocenters. The van der Waals surface area contributed by atoms with Gasteiger partial charge in [-0.2, -0.15) is 0 Å². The van der Waals surface area contributed by atoms with Gasteiger partial charge in [0.05, 0.1) is 6.61 Å². The third-order valence-corrected chi connectivity index (χ3v) is 3.32. The SMILES string of the molecule is O=P(O)(O)OC[C@@H]1O[C@@](O)(COP(=O)(O)O)[C@@H](O)[C@H]1O. The lowest BCUT2D eigenvalue weighted by molar-refractivity contribution is -0.245. The van der Waals surface area contributed by atoms with Crippen LogP contribution in [0.15, 0.2) is 0 Å². The number of phosphoric ester groups is 2. The van der Waals surface area contributed by atoms with Crippen LogP contribution in [0, 0.1) is 0 Å². The summed E-state index contributed by atoms with van der Waals surface area (Å²) in [4.78, 5) is 33.9. The highest BCUT2D eigenvalue weighted by Gasteiger charge is 2.54. The maximum atomic E-state index is 10.5. The molecule has 0 aromatic carbocycles. The molecule has 0 radical (unpaired) electrons. The van der Waals surface area contributed by atoms with Gasteiger partial charge in [0.2, 0.25) is 5.79 Å². The third kappa shape index (κ3) is 5.11. The molecule has 20 heavy (non-hydrogen) atoms. The van der Waals surface area contributed by atoms with Crippen molar-refractivity contribution in [2.24, 2.45) is 0 Å². The van der Waals surface area contributed by atoms with E-state index in [2.05, 4.69) is 13.8 Å². The van der Waals surface area contributed by atoms with Crippen LogP contribution >= 0.6 is 15.6 Å². The molecule has 7 N–H and O–H groups in total. The normalized spacial score (nSPS) is 35.5. The van der Waals surface area contributed by atoms with Crippen molar-refractivity contribution in [3.05, 3.63) is 0 Å². The molecule has 120 valence electrons. The first-order valence-corrected chi connectivity index (χ1v) is 8.07. The van der Waals surface area contributed by atoms with E-state index in [4.69, 9.17) is 19.6 Å². The predicted octanol–water partition coefficient (Wildman–Crippen LogP) is -2.99. The molecule has 1 fully saturated rings. The minimum atomic E-state index is -4.96. The molecule has 1 heterocycles. The number of hydrogen-bond acceptors (Lipinski definition) is 8. The highest BCUT2D eigenvalue weighted by molar-refractivity contribution is 7.46. The maximum absolute atomic E-state index is 10.5. The Morgan fingerprint density at radius 2 is 1.55 bits per heavy atom. The summed E-state index contributed by atoms with van der Waals surface area (Å²) in [5.74, 6) is -2.66. The van der Waals surface area contributed by atoms with Crippen molar-refractivity contribution in [3.8, 4) is 0 Å². The standard InChI is InChI=1S/C6H14O12P2/c7-4-3(1-16-19(10,11)12)18-6(9,5(4)8)2-17-20(13,14)15/h3-5,7-9H,1-2H2,(H2,10,11,12)(H2,13,14,15)/t3-,4-,5-,6-/m0/s1. The van der Waals surface area contributed by atoms with E-state index < -0.39 is 53.0 Å². The summed E-state index contributed by atoms with van der Waals surface area (Å²) in [6, 6.07) is 0. The van der Waals surface area contributed by atoms with Gasteiger partial charge >= 0.3 is 15.6 Å². The Morgan fingerprint density at radius 1 is 1.05 bits per heavy atom. The fraction of sp³-hybridized carbons (Fsp3) is 1.00. The first kappa shape index (κ1) is 18.1. The molecule has 12 nitrogen and oxygen atoms in total. The van der Waals surface area contributed by atoms with E-state index in [1.807, 2.05) is 0 Å². The van der Waals surface area contributed by atoms with E-state index in [-0.39, 0.29) is 0 Å². The molecule has 1 rings (SSSR count).